The van der Waals surface area contributed by atoms with E-state index in [4.69, 9.17) is 0 Å². The van der Waals surface area contributed by atoms with Gasteiger partial charge in [0.25, 0.3) is 0 Å². The first kappa shape index (κ1) is 11.6. The zero-order valence-corrected chi connectivity index (χ0v) is 10.6. The van der Waals surface area contributed by atoms with Gasteiger partial charge in [0.1, 0.15) is 11.8 Å². The van der Waals surface area contributed by atoms with E-state index in [-0.39, 0.29) is 0 Å². The normalized spacial score (nSPS) is 11.0. The zero-order chi connectivity index (χ0) is 13.1. The third-order valence-electron chi connectivity index (χ3n) is 3.07. The van der Waals surface area contributed by atoms with Crippen molar-refractivity contribution in [1.29, 1.82) is 0 Å². The van der Waals surface area contributed by atoms with Gasteiger partial charge in [-0.25, -0.2) is 15.0 Å². The Morgan fingerprint density at radius 2 is 2.21 bits per heavy atom. The number of hydrogen-bond donors (Lipinski definition) is 3. The second kappa shape index (κ2) is 5.05. The zero-order valence-electron chi connectivity index (χ0n) is 10.6. The number of H-pyrrole nitrogens is 2. The largest absolute Gasteiger partial charge is 0.368 e. The summed E-state index contributed by atoms with van der Waals surface area (Å²) in [6.07, 6.45) is 7.03. The first-order valence-electron chi connectivity index (χ1n) is 6.21. The van der Waals surface area contributed by atoms with Gasteiger partial charge in [-0.2, -0.15) is 5.10 Å². The van der Waals surface area contributed by atoms with Gasteiger partial charge in [0.05, 0.1) is 12.5 Å². The van der Waals surface area contributed by atoms with Crippen LogP contribution in [0, 0.1) is 6.92 Å². The molecule has 0 fully saturated rings. The predicted molar refractivity (Wildman–Crippen MR) is 71.8 cm³/mol. The second-order valence-corrected chi connectivity index (χ2v) is 4.37. The number of fused-ring (bicyclic) bond motifs is 1. The lowest BCUT2D eigenvalue weighted by Gasteiger charge is -2.05. The number of hydrogen-bond acceptors (Lipinski definition) is 5. The Hall–Kier alpha value is -2.44. The fourth-order valence-corrected chi connectivity index (χ4v) is 2.01. The summed E-state index contributed by atoms with van der Waals surface area (Å²) < 4.78 is 0. The molecular weight excluding hydrogens is 242 g/mol. The molecule has 0 aliphatic carbocycles. The molecule has 0 saturated carbocycles. The van der Waals surface area contributed by atoms with Crippen LogP contribution in [0.5, 0.6) is 0 Å². The molecule has 3 heterocycles. The van der Waals surface area contributed by atoms with Gasteiger partial charge in [0.2, 0.25) is 0 Å². The maximum absolute atomic E-state index is 4.22. The van der Waals surface area contributed by atoms with E-state index >= 15 is 0 Å². The Balaban J connectivity index is 1.58. The highest BCUT2D eigenvalue weighted by Gasteiger charge is 2.05. The van der Waals surface area contributed by atoms with Gasteiger partial charge in [-0.05, 0) is 25.3 Å². The van der Waals surface area contributed by atoms with E-state index in [1.807, 2.05) is 13.1 Å². The van der Waals surface area contributed by atoms with Gasteiger partial charge in [-0.1, -0.05) is 0 Å². The van der Waals surface area contributed by atoms with E-state index in [9.17, 15) is 0 Å². The molecular formula is C12H15N7. The summed E-state index contributed by atoms with van der Waals surface area (Å²) in [5, 5.41) is 10.3. The van der Waals surface area contributed by atoms with Crippen LogP contribution in [0.1, 0.15) is 17.7 Å². The van der Waals surface area contributed by atoms with Crippen molar-refractivity contribution in [2.45, 2.75) is 19.8 Å². The SMILES string of the molecule is Cc1[nH]ncc1CCCNc1ncnc2nc[nH]c12. The number of aryl methyl sites for hydroxylation is 2. The van der Waals surface area contributed by atoms with Crippen LogP contribution in [0.4, 0.5) is 5.82 Å². The van der Waals surface area contributed by atoms with Crippen molar-refractivity contribution in [3.63, 3.8) is 0 Å². The molecule has 3 N–H and O–H groups in total. The lowest BCUT2D eigenvalue weighted by molar-refractivity contribution is 0.854. The summed E-state index contributed by atoms with van der Waals surface area (Å²) in [6.45, 7) is 2.88. The van der Waals surface area contributed by atoms with Crippen LogP contribution in [0.25, 0.3) is 11.2 Å². The van der Waals surface area contributed by atoms with E-state index < -0.39 is 0 Å². The molecule has 3 aromatic heterocycles. The van der Waals surface area contributed by atoms with E-state index in [1.54, 1.807) is 6.33 Å². The topological polar surface area (TPSA) is 95.2 Å². The van der Waals surface area contributed by atoms with Crippen molar-refractivity contribution in [3.05, 3.63) is 30.1 Å². The molecule has 0 aromatic carbocycles. The van der Waals surface area contributed by atoms with Crippen molar-refractivity contribution in [2.24, 2.45) is 0 Å². The molecule has 0 amide bonds. The van der Waals surface area contributed by atoms with Crippen molar-refractivity contribution in [1.82, 2.24) is 30.1 Å². The van der Waals surface area contributed by atoms with Gasteiger partial charge in [0.15, 0.2) is 11.5 Å². The molecule has 0 atom stereocenters. The maximum atomic E-state index is 4.22. The first-order valence-corrected chi connectivity index (χ1v) is 6.21. The van der Waals surface area contributed by atoms with Gasteiger partial charge in [-0.15, -0.1) is 0 Å². The molecule has 0 bridgehead atoms. The average molecular weight is 257 g/mol. The summed E-state index contributed by atoms with van der Waals surface area (Å²) in [7, 11) is 0. The number of aromatic amines is 2. The summed E-state index contributed by atoms with van der Waals surface area (Å²) in [5.74, 6) is 0.798. The molecule has 7 nitrogen and oxygen atoms in total. The van der Waals surface area contributed by atoms with Crippen LogP contribution >= 0.6 is 0 Å². The Morgan fingerprint density at radius 3 is 3.05 bits per heavy atom. The van der Waals surface area contributed by atoms with Crippen LogP contribution in [0.3, 0.4) is 0 Å². The van der Waals surface area contributed by atoms with E-state index in [0.29, 0.717) is 5.65 Å². The highest BCUT2D eigenvalue weighted by molar-refractivity contribution is 5.81. The average Bonchev–Trinajstić information content (AvgIpc) is 3.04. The van der Waals surface area contributed by atoms with Crippen LogP contribution in [0.15, 0.2) is 18.9 Å². The highest BCUT2D eigenvalue weighted by Crippen LogP contribution is 2.14. The lowest BCUT2D eigenvalue weighted by atomic mass is 10.1. The second-order valence-electron chi connectivity index (χ2n) is 4.37. The molecule has 0 unspecified atom stereocenters. The highest BCUT2D eigenvalue weighted by atomic mass is 15.1. The minimum atomic E-state index is 0.683. The Morgan fingerprint density at radius 1 is 1.26 bits per heavy atom. The lowest BCUT2D eigenvalue weighted by Crippen LogP contribution is -2.05. The van der Waals surface area contributed by atoms with Gasteiger partial charge in [0, 0.05) is 12.2 Å². The first-order chi connectivity index (χ1) is 9.34. The molecule has 98 valence electrons. The van der Waals surface area contributed by atoms with Gasteiger partial charge >= 0.3 is 0 Å². The number of nitrogens with one attached hydrogen (secondary N) is 3. The smallest absolute Gasteiger partial charge is 0.182 e. The fourth-order valence-electron chi connectivity index (χ4n) is 2.01. The van der Waals surface area contributed by atoms with Crippen LogP contribution in [-0.4, -0.2) is 36.7 Å². The monoisotopic (exact) mass is 257 g/mol. The summed E-state index contributed by atoms with van der Waals surface area (Å²) >= 11 is 0. The Labute approximate surface area is 109 Å². The predicted octanol–water partition coefficient (Wildman–Crippen LogP) is 1.43. The minimum absolute atomic E-state index is 0.683. The number of imidazole rings is 1. The molecule has 0 aliphatic heterocycles. The molecule has 0 radical (unpaired) electrons. The third kappa shape index (κ3) is 2.40. The van der Waals surface area contributed by atoms with Gasteiger partial charge < -0.3 is 10.3 Å². The van der Waals surface area contributed by atoms with Crippen molar-refractivity contribution in [3.8, 4) is 0 Å². The molecule has 0 saturated heterocycles. The van der Waals surface area contributed by atoms with Crippen molar-refractivity contribution < 1.29 is 0 Å². The van der Waals surface area contributed by atoms with Crippen molar-refractivity contribution in [2.75, 3.05) is 11.9 Å². The maximum Gasteiger partial charge on any atom is 0.182 e. The molecule has 3 aromatic rings. The number of rotatable bonds is 5. The third-order valence-corrected chi connectivity index (χ3v) is 3.07. The Bertz CT molecular complexity index is 669. The van der Waals surface area contributed by atoms with Crippen LogP contribution in [-0.2, 0) is 6.42 Å². The molecule has 0 aliphatic rings. The summed E-state index contributed by atoms with van der Waals surface area (Å²) in [6, 6.07) is 0. The minimum Gasteiger partial charge on any atom is -0.368 e. The van der Waals surface area contributed by atoms with E-state index in [2.05, 4.69) is 35.5 Å². The number of aromatic nitrogens is 6. The summed E-state index contributed by atoms with van der Waals surface area (Å²) in [4.78, 5) is 15.4. The fraction of sp³-hybridized carbons (Fsp3) is 0.333. The van der Waals surface area contributed by atoms with E-state index in [0.717, 1.165) is 36.4 Å². The number of anilines is 1. The Kier molecular flexibility index (Phi) is 3.09. The quantitative estimate of drug-likeness (QED) is 0.601. The molecule has 7 heteroatoms. The summed E-state index contributed by atoms with van der Waals surface area (Å²) in [5.41, 5.74) is 3.93. The van der Waals surface area contributed by atoms with Gasteiger partial charge in [-0.3, -0.25) is 5.10 Å². The molecule has 3 rings (SSSR count). The standard InChI is InChI=1S/C12H15N7/c1-8-9(5-18-19-8)3-2-4-13-11-10-12(15-6-14-10)17-7-16-11/h5-7H,2-4H2,1H3,(H,18,19)(H2,13,14,15,16,17). The van der Waals surface area contributed by atoms with E-state index in [1.165, 1.54) is 11.9 Å². The van der Waals surface area contributed by atoms with Crippen LogP contribution in [0.2, 0.25) is 0 Å². The van der Waals surface area contributed by atoms with Crippen molar-refractivity contribution >= 4 is 17.0 Å². The molecule has 19 heavy (non-hydrogen) atoms. The van der Waals surface area contributed by atoms with Crippen LogP contribution < -0.4 is 5.32 Å². The molecule has 0 spiro atoms. The number of nitrogens with zero attached hydrogens (tertiary/aromatic N) is 4.